The van der Waals surface area contributed by atoms with E-state index in [1.807, 2.05) is 24.3 Å². The van der Waals surface area contributed by atoms with Crippen LogP contribution in [0.5, 0.6) is 5.75 Å². The van der Waals surface area contributed by atoms with Gasteiger partial charge in [-0.25, -0.2) is 0 Å². The van der Waals surface area contributed by atoms with Gasteiger partial charge in [-0.3, -0.25) is 9.59 Å². The van der Waals surface area contributed by atoms with Crippen LogP contribution in [-0.2, 0) is 20.7 Å². The number of hydrogen-bond acceptors (Lipinski definition) is 4. The second-order valence-electron chi connectivity index (χ2n) is 10.2. The van der Waals surface area contributed by atoms with E-state index >= 15 is 0 Å². The third-order valence-electron chi connectivity index (χ3n) is 7.66. The number of ketones is 1. The lowest BCUT2D eigenvalue weighted by atomic mass is 9.70. The normalized spacial score (nSPS) is 25.3. The Labute approximate surface area is 200 Å². The number of benzene rings is 1. The predicted octanol–water partition coefficient (Wildman–Crippen LogP) is 6.85. The summed E-state index contributed by atoms with van der Waals surface area (Å²) in [5, 5.41) is 0. The van der Waals surface area contributed by atoms with Crippen molar-refractivity contribution in [2.24, 2.45) is 17.8 Å². The molecule has 0 spiro atoms. The van der Waals surface area contributed by atoms with Crippen LogP contribution in [-0.4, -0.2) is 24.5 Å². The second-order valence-corrected chi connectivity index (χ2v) is 10.2. The molecule has 4 nitrogen and oxygen atoms in total. The topological polar surface area (TPSA) is 52.6 Å². The van der Waals surface area contributed by atoms with Crippen molar-refractivity contribution in [1.82, 2.24) is 0 Å². The number of esters is 1. The van der Waals surface area contributed by atoms with E-state index in [4.69, 9.17) is 9.47 Å². The second kappa shape index (κ2) is 13.0. The zero-order valence-corrected chi connectivity index (χ0v) is 20.7. The highest BCUT2D eigenvalue weighted by atomic mass is 16.5. The summed E-state index contributed by atoms with van der Waals surface area (Å²) < 4.78 is 11.3. The Bertz CT molecular complexity index is 765. The van der Waals surface area contributed by atoms with Crippen molar-refractivity contribution in [2.45, 2.75) is 97.0 Å². The van der Waals surface area contributed by atoms with Gasteiger partial charge in [0.2, 0.25) is 0 Å². The van der Waals surface area contributed by atoms with E-state index in [9.17, 15) is 9.59 Å². The van der Waals surface area contributed by atoms with Crippen LogP contribution >= 0.6 is 0 Å². The first-order valence-electron chi connectivity index (χ1n) is 13.0. The standard InChI is InChI=1S/C29H42O4/c1-4-5-22-6-11-24(12-7-22)25-13-17-27(18-14-25)33-29(31)19-10-23-8-15-26(16-9-23)32-20-28(30)21(2)3/h8-9,15-16,22,24-25,27H,2,4-7,10-14,17-20H2,1,3H3. The van der Waals surface area contributed by atoms with Gasteiger partial charge in [0, 0.05) is 6.42 Å². The molecule has 1 aromatic carbocycles. The largest absolute Gasteiger partial charge is 0.485 e. The average Bonchev–Trinajstić information content (AvgIpc) is 2.83. The van der Waals surface area contributed by atoms with Gasteiger partial charge in [0.15, 0.2) is 12.4 Å². The lowest BCUT2D eigenvalue weighted by Gasteiger charge is -2.37. The zero-order chi connectivity index (χ0) is 23.6. The number of hydrogen-bond donors (Lipinski definition) is 0. The Morgan fingerprint density at radius 1 is 0.939 bits per heavy atom. The lowest BCUT2D eigenvalue weighted by Crippen LogP contribution is -2.29. The van der Waals surface area contributed by atoms with Gasteiger partial charge in [-0.2, -0.15) is 0 Å². The third-order valence-corrected chi connectivity index (χ3v) is 7.66. The summed E-state index contributed by atoms with van der Waals surface area (Å²) in [6, 6.07) is 7.55. The first-order chi connectivity index (χ1) is 15.9. The molecule has 33 heavy (non-hydrogen) atoms. The minimum absolute atomic E-state index is 0.00335. The average molecular weight is 455 g/mol. The molecule has 0 unspecified atom stereocenters. The first-order valence-corrected chi connectivity index (χ1v) is 13.0. The fraction of sp³-hybridized carbons (Fsp3) is 0.655. The molecule has 2 aliphatic carbocycles. The number of rotatable bonds is 11. The van der Waals surface area contributed by atoms with Crippen LogP contribution in [0.3, 0.4) is 0 Å². The molecule has 4 heteroatoms. The van der Waals surface area contributed by atoms with Crippen LogP contribution in [0.25, 0.3) is 0 Å². The van der Waals surface area contributed by atoms with Gasteiger partial charge in [-0.15, -0.1) is 0 Å². The van der Waals surface area contributed by atoms with Gasteiger partial charge >= 0.3 is 5.97 Å². The summed E-state index contributed by atoms with van der Waals surface area (Å²) >= 11 is 0. The summed E-state index contributed by atoms with van der Waals surface area (Å²) in [7, 11) is 0. The molecule has 182 valence electrons. The summed E-state index contributed by atoms with van der Waals surface area (Å²) in [5.41, 5.74) is 1.56. The van der Waals surface area contributed by atoms with Crippen molar-refractivity contribution >= 4 is 11.8 Å². The number of aryl methyl sites for hydroxylation is 1. The fourth-order valence-corrected chi connectivity index (χ4v) is 5.55. The Morgan fingerprint density at radius 2 is 1.55 bits per heavy atom. The van der Waals surface area contributed by atoms with E-state index in [1.165, 1.54) is 51.4 Å². The summed E-state index contributed by atoms with van der Waals surface area (Å²) in [6.45, 7) is 7.61. The van der Waals surface area contributed by atoms with E-state index in [0.717, 1.165) is 36.2 Å². The van der Waals surface area contributed by atoms with Gasteiger partial charge in [0.25, 0.3) is 0 Å². The molecule has 3 rings (SSSR count). The van der Waals surface area contributed by atoms with Crippen molar-refractivity contribution in [3.63, 3.8) is 0 Å². The molecule has 1 aromatic rings. The van der Waals surface area contributed by atoms with Crippen LogP contribution < -0.4 is 4.74 Å². The van der Waals surface area contributed by atoms with Crippen LogP contribution in [0.1, 0.15) is 90.0 Å². The molecule has 2 saturated carbocycles. The van der Waals surface area contributed by atoms with Crippen LogP contribution in [0.2, 0.25) is 0 Å². The van der Waals surface area contributed by atoms with Gasteiger partial charge in [0.1, 0.15) is 11.9 Å². The maximum atomic E-state index is 12.4. The van der Waals surface area contributed by atoms with Gasteiger partial charge in [-0.05, 0) is 92.9 Å². The molecule has 0 N–H and O–H groups in total. The quantitative estimate of drug-likeness (QED) is 0.271. The minimum Gasteiger partial charge on any atom is -0.485 e. The Kier molecular flexibility index (Phi) is 10.0. The molecule has 0 radical (unpaired) electrons. The van der Waals surface area contributed by atoms with Crippen molar-refractivity contribution in [2.75, 3.05) is 6.61 Å². The molecule has 0 amide bonds. The maximum absolute atomic E-state index is 12.4. The first kappa shape index (κ1) is 25.5. The maximum Gasteiger partial charge on any atom is 0.306 e. The van der Waals surface area contributed by atoms with Crippen LogP contribution in [0.4, 0.5) is 0 Å². The Morgan fingerprint density at radius 3 is 2.12 bits per heavy atom. The van der Waals surface area contributed by atoms with E-state index < -0.39 is 0 Å². The molecule has 0 aromatic heterocycles. The molecular weight excluding hydrogens is 412 g/mol. The Hall–Kier alpha value is -2.10. The van der Waals surface area contributed by atoms with Crippen molar-refractivity contribution in [3.8, 4) is 5.75 Å². The molecule has 0 atom stereocenters. The monoisotopic (exact) mass is 454 g/mol. The lowest BCUT2D eigenvalue weighted by molar-refractivity contribution is -0.151. The van der Waals surface area contributed by atoms with Crippen LogP contribution in [0, 0.1) is 17.8 Å². The van der Waals surface area contributed by atoms with E-state index in [-0.39, 0.29) is 24.5 Å². The fourth-order valence-electron chi connectivity index (χ4n) is 5.55. The minimum atomic E-state index is -0.102. The van der Waals surface area contributed by atoms with E-state index in [2.05, 4.69) is 13.5 Å². The third kappa shape index (κ3) is 8.32. The molecule has 0 bridgehead atoms. The number of carbonyl (C=O) groups is 2. The summed E-state index contributed by atoms with van der Waals surface area (Å²) in [6.07, 6.45) is 14.0. The number of Topliss-reactive ketones (excluding diaryl/α,β-unsaturated/α-hetero) is 1. The highest BCUT2D eigenvalue weighted by molar-refractivity contribution is 5.95. The molecule has 0 heterocycles. The van der Waals surface area contributed by atoms with Crippen molar-refractivity contribution in [3.05, 3.63) is 42.0 Å². The Balaban J connectivity index is 1.31. The van der Waals surface area contributed by atoms with E-state index in [1.54, 1.807) is 6.92 Å². The molecular formula is C29H42O4. The highest BCUT2D eigenvalue weighted by Crippen LogP contribution is 2.41. The van der Waals surface area contributed by atoms with Crippen molar-refractivity contribution in [1.29, 1.82) is 0 Å². The van der Waals surface area contributed by atoms with Crippen LogP contribution in [0.15, 0.2) is 36.4 Å². The van der Waals surface area contributed by atoms with Gasteiger partial charge in [-0.1, -0.05) is 51.3 Å². The van der Waals surface area contributed by atoms with E-state index in [0.29, 0.717) is 24.2 Å². The van der Waals surface area contributed by atoms with Gasteiger partial charge < -0.3 is 9.47 Å². The zero-order valence-electron chi connectivity index (χ0n) is 20.7. The highest BCUT2D eigenvalue weighted by Gasteiger charge is 2.31. The summed E-state index contributed by atoms with van der Waals surface area (Å²) in [5.74, 6) is 3.17. The van der Waals surface area contributed by atoms with Gasteiger partial charge in [0.05, 0.1) is 0 Å². The predicted molar refractivity (Wildman–Crippen MR) is 132 cm³/mol. The summed E-state index contributed by atoms with van der Waals surface area (Å²) in [4.78, 5) is 24.0. The number of carbonyl (C=O) groups excluding carboxylic acids is 2. The smallest absolute Gasteiger partial charge is 0.306 e. The SMILES string of the molecule is C=C(C)C(=O)COc1ccc(CCC(=O)OC2CCC(C3CCC(CCC)CC3)CC2)cc1. The van der Waals surface area contributed by atoms with Crippen molar-refractivity contribution < 1.29 is 19.1 Å². The molecule has 0 saturated heterocycles. The molecule has 2 fully saturated rings. The molecule has 0 aliphatic heterocycles. The number of ether oxygens (including phenoxy) is 2. The molecule has 2 aliphatic rings.